The second-order valence-corrected chi connectivity index (χ2v) is 6.20. The van der Waals surface area contributed by atoms with Crippen molar-refractivity contribution in [3.8, 4) is 0 Å². The van der Waals surface area contributed by atoms with Crippen molar-refractivity contribution in [1.82, 2.24) is 4.90 Å². The van der Waals surface area contributed by atoms with E-state index < -0.39 is 0 Å². The second-order valence-electron chi connectivity index (χ2n) is 6.20. The molecule has 1 aromatic carbocycles. The zero-order chi connectivity index (χ0) is 15.5. The molecule has 2 fully saturated rings. The van der Waals surface area contributed by atoms with Gasteiger partial charge in [-0.1, -0.05) is 12.1 Å². The zero-order valence-corrected chi connectivity index (χ0v) is 12.7. The highest BCUT2D eigenvalue weighted by Crippen LogP contribution is 2.30. The van der Waals surface area contributed by atoms with Crippen molar-refractivity contribution < 1.29 is 13.9 Å². The van der Waals surface area contributed by atoms with Crippen molar-refractivity contribution in [2.75, 3.05) is 13.1 Å². The van der Waals surface area contributed by atoms with Gasteiger partial charge in [0.1, 0.15) is 11.9 Å². The lowest BCUT2D eigenvalue weighted by Crippen LogP contribution is -2.42. The molecule has 0 spiro atoms. The van der Waals surface area contributed by atoms with Crippen LogP contribution in [-0.2, 0) is 16.0 Å². The number of hydrogen-bond donors (Lipinski definition) is 1. The number of carbonyl (C=O) groups is 1. The van der Waals surface area contributed by atoms with Crippen LogP contribution in [0.1, 0.15) is 31.2 Å². The number of ether oxygens (including phenoxy) is 1. The molecule has 2 N–H and O–H groups in total. The average molecular weight is 306 g/mol. The summed E-state index contributed by atoms with van der Waals surface area (Å²) in [5.41, 5.74) is 6.53. The Hall–Kier alpha value is -1.46. The van der Waals surface area contributed by atoms with Gasteiger partial charge in [-0.25, -0.2) is 4.39 Å². The van der Waals surface area contributed by atoms with Gasteiger partial charge in [0.2, 0.25) is 0 Å². The lowest BCUT2D eigenvalue weighted by atomic mass is 10.1. The summed E-state index contributed by atoms with van der Waals surface area (Å²) in [7, 11) is 0. The quantitative estimate of drug-likeness (QED) is 0.873. The third-order valence-electron chi connectivity index (χ3n) is 4.45. The van der Waals surface area contributed by atoms with Crippen molar-refractivity contribution in [3.05, 3.63) is 35.6 Å². The Labute approximate surface area is 130 Å². The van der Waals surface area contributed by atoms with Crippen molar-refractivity contribution >= 4 is 5.91 Å². The molecule has 0 bridgehead atoms. The molecule has 1 aromatic rings. The smallest absolute Gasteiger partial charge is 0.251 e. The molecule has 1 amide bonds. The minimum absolute atomic E-state index is 0.0122. The van der Waals surface area contributed by atoms with Gasteiger partial charge in [-0.05, 0) is 49.8 Å². The molecule has 0 unspecified atom stereocenters. The van der Waals surface area contributed by atoms with E-state index in [4.69, 9.17) is 10.5 Å². The van der Waals surface area contributed by atoms with Crippen LogP contribution in [0.3, 0.4) is 0 Å². The van der Waals surface area contributed by atoms with Crippen LogP contribution in [0.5, 0.6) is 0 Å². The molecule has 1 saturated carbocycles. The molecule has 2 aliphatic rings. The third-order valence-corrected chi connectivity index (χ3v) is 4.45. The van der Waals surface area contributed by atoms with Crippen molar-refractivity contribution in [1.29, 1.82) is 0 Å². The lowest BCUT2D eigenvalue weighted by molar-refractivity contribution is -0.143. The molecule has 0 radical (unpaired) electrons. The first-order chi connectivity index (χ1) is 10.7. The highest BCUT2D eigenvalue weighted by Gasteiger charge is 2.38. The molecule has 1 saturated heterocycles. The van der Waals surface area contributed by atoms with Crippen molar-refractivity contribution in [2.45, 2.75) is 50.4 Å². The number of hydrogen-bond acceptors (Lipinski definition) is 3. The third kappa shape index (κ3) is 3.65. The standard InChI is InChI=1S/C17H23FN2O2/c18-13-3-1-2-12(10-13)8-9-20(14-4-5-14)17(21)16-7-6-15(11-19)22-16/h1-3,10,14-16H,4-9,11,19H2/t15-,16+/m1/s1. The Morgan fingerprint density at radius 1 is 1.32 bits per heavy atom. The molecule has 2 atom stereocenters. The Morgan fingerprint density at radius 2 is 2.14 bits per heavy atom. The van der Waals surface area contributed by atoms with E-state index in [0.29, 0.717) is 25.6 Å². The molecule has 3 rings (SSSR count). The van der Waals surface area contributed by atoms with Crippen LogP contribution in [0.15, 0.2) is 24.3 Å². The van der Waals surface area contributed by atoms with Gasteiger partial charge in [-0.15, -0.1) is 0 Å². The predicted molar refractivity (Wildman–Crippen MR) is 81.8 cm³/mol. The summed E-state index contributed by atoms with van der Waals surface area (Å²) < 4.78 is 19.0. The van der Waals surface area contributed by atoms with Gasteiger partial charge >= 0.3 is 0 Å². The van der Waals surface area contributed by atoms with Gasteiger partial charge in [0, 0.05) is 19.1 Å². The van der Waals surface area contributed by atoms with Gasteiger partial charge in [-0.3, -0.25) is 4.79 Å². The molecular weight excluding hydrogens is 283 g/mol. The Bertz CT molecular complexity index is 533. The second kappa shape index (κ2) is 6.75. The predicted octanol–water partition coefficient (Wildman–Crippen LogP) is 1.87. The van der Waals surface area contributed by atoms with Crippen LogP contribution in [0.4, 0.5) is 4.39 Å². The minimum atomic E-state index is -0.346. The molecule has 120 valence electrons. The monoisotopic (exact) mass is 306 g/mol. The van der Waals surface area contributed by atoms with E-state index in [1.807, 2.05) is 11.0 Å². The van der Waals surface area contributed by atoms with Gasteiger partial charge in [0.05, 0.1) is 6.10 Å². The molecule has 1 aliphatic carbocycles. The number of halogens is 1. The van der Waals surface area contributed by atoms with E-state index >= 15 is 0 Å². The molecule has 1 heterocycles. The summed E-state index contributed by atoms with van der Waals surface area (Å²) in [5.74, 6) is -0.151. The van der Waals surface area contributed by atoms with Crippen LogP contribution in [-0.4, -0.2) is 42.1 Å². The van der Waals surface area contributed by atoms with Crippen LogP contribution < -0.4 is 5.73 Å². The molecule has 4 nitrogen and oxygen atoms in total. The summed E-state index contributed by atoms with van der Waals surface area (Å²) in [6.45, 7) is 1.09. The molecule has 0 aromatic heterocycles. The van der Waals surface area contributed by atoms with Gasteiger partial charge in [0.15, 0.2) is 0 Å². The fourth-order valence-corrected chi connectivity index (χ4v) is 3.05. The Balaban J connectivity index is 1.59. The van der Waals surface area contributed by atoms with E-state index in [-0.39, 0.29) is 23.9 Å². The molecule has 1 aliphatic heterocycles. The van der Waals surface area contributed by atoms with E-state index in [1.165, 1.54) is 12.1 Å². The molecular formula is C17H23FN2O2. The minimum Gasteiger partial charge on any atom is -0.364 e. The first kappa shape index (κ1) is 15.4. The van der Waals surface area contributed by atoms with E-state index in [2.05, 4.69) is 0 Å². The number of nitrogens with zero attached hydrogens (tertiary/aromatic N) is 1. The van der Waals surface area contributed by atoms with Crippen molar-refractivity contribution in [3.63, 3.8) is 0 Å². The number of benzene rings is 1. The first-order valence-corrected chi connectivity index (χ1v) is 8.08. The summed E-state index contributed by atoms with van der Waals surface area (Å²) in [6.07, 6.45) is 4.07. The normalized spacial score (nSPS) is 24.5. The Morgan fingerprint density at radius 3 is 2.77 bits per heavy atom. The number of carbonyl (C=O) groups excluding carboxylic acids is 1. The van der Waals surface area contributed by atoms with E-state index in [9.17, 15) is 9.18 Å². The highest BCUT2D eigenvalue weighted by atomic mass is 19.1. The molecule has 5 heteroatoms. The molecule has 22 heavy (non-hydrogen) atoms. The number of amides is 1. The maximum atomic E-state index is 13.2. The summed E-state index contributed by atoms with van der Waals surface area (Å²) >= 11 is 0. The maximum Gasteiger partial charge on any atom is 0.251 e. The zero-order valence-electron chi connectivity index (χ0n) is 12.7. The van der Waals surface area contributed by atoms with Crippen LogP contribution in [0.2, 0.25) is 0 Å². The highest BCUT2D eigenvalue weighted by molar-refractivity contribution is 5.81. The fourth-order valence-electron chi connectivity index (χ4n) is 3.05. The fraction of sp³-hybridized carbons (Fsp3) is 0.588. The van der Waals surface area contributed by atoms with Crippen LogP contribution in [0, 0.1) is 5.82 Å². The van der Waals surface area contributed by atoms with Gasteiger partial charge in [-0.2, -0.15) is 0 Å². The SMILES string of the molecule is NC[C@H]1CC[C@@H](C(=O)N(CCc2cccc(F)c2)C2CC2)O1. The summed E-state index contributed by atoms with van der Waals surface area (Å²) in [6, 6.07) is 6.91. The Kier molecular flexibility index (Phi) is 4.74. The first-order valence-electron chi connectivity index (χ1n) is 8.08. The maximum absolute atomic E-state index is 13.2. The van der Waals surface area contributed by atoms with Gasteiger partial charge < -0.3 is 15.4 Å². The lowest BCUT2D eigenvalue weighted by Gasteiger charge is -2.25. The largest absolute Gasteiger partial charge is 0.364 e. The topological polar surface area (TPSA) is 55.6 Å². The average Bonchev–Trinajstić information content (AvgIpc) is 3.23. The number of rotatable bonds is 6. The van der Waals surface area contributed by atoms with Crippen LogP contribution >= 0.6 is 0 Å². The summed E-state index contributed by atoms with van der Waals surface area (Å²) in [5, 5.41) is 0. The number of nitrogens with two attached hydrogens (primary N) is 1. The van der Waals surface area contributed by atoms with Crippen molar-refractivity contribution in [2.24, 2.45) is 5.73 Å². The van der Waals surface area contributed by atoms with Crippen LogP contribution in [0.25, 0.3) is 0 Å². The van der Waals surface area contributed by atoms with E-state index in [1.54, 1.807) is 6.07 Å². The van der Waals surface area contributed by atoms with Gasteiger partial charge in [0.25, 0.3) is 5.91 Å². The summed E-state index contributed by atoms with van der Waals surface area (Å²) in [4.78, 5) is 14.6. The van der Waals surface area contributed by atoms with E-state index in [0.717, 1.165) is 31.2 Å².